The lowest BCUT2D eigenvalue weighted by Gasteiger charge is -2.11. The molecule has 0 bridgehead atoms. The number of guanidine groups is 1. The third kappa shape index (κ3) is 8.45. The van der Waals surface area contributed by atoms with Gasteiger partial charge in [-0.2, -0.15) is 0 Å². The smallest absolute Gasteiger partial charge is 0.291 e. The molecule has 0 spiro atoms. The third-order valence-electron chi connectivity index (χ3n) is 4.47. The summed E-state index contributed by atoms with van der Waals surface area (Å²) in [4.78, 5) is 16.8. The molecule has 0 saturated carbocycles. The van der Waals surface area contributed by atoms with Gasteiger partial charge in [0.15, 0.2) is 11.7 Å². The molecule has 3 rings (SSSR count). The van der Waals surface area contributed by atoms with Crippen molar-refractivity contribution in [3.05, 3.63) is 89.9 Å². The van der Waals surface area contributed by atoms with Crippen LogP contribution in [-0.2, 0) is 13.0 Å². The minimum atomic E-state index is -0.269. The highest BCUT2D eigenvalue weighted by atomic mass is 127. The maximum absolute atomic E-state index is 12.1. The molecule has 0 saturated heterocycles. The molecule has 7 heteroatoms. The Morgan fingerprint density at radius 2 is 1.77 bits per heavy atom. The second-order valence-electron chi connectivity index (χ2n) is 6.84. The number of anilines is 1. The number of carbonyl (C=O) groups excluding carboxylic acids is 1. The summed E-state index contributed by atoms with van der Waals surface area (Å²) in [6, 6.07) is 21.5. The summed E-state index contributed by atoms with van der Waals surface area (Å²) in [5.74, 6) is 0.803. The van der Waals surface area contributed by atoms with E-state index in [-0.39, 0.29) is 35.6 Å². The van der Waals surface area contributed by atoms with E-state index in [0.717, 1.165) is 37.5 Å². The van der Waals surface area contributed by atoms with E-state index in [4.69, 9.17) is 4.42 Å². The lowest BCUT2D eigenvalue weighted by atomic mass is 10.1. The molecule has 3 N–H and O–H groups in total. The molecule has 0 atom stereocenters. The Bertz CT molecular complexity index is 943. The lowest BCUT2D eigenvalue weighted by Crippen LogP contribution is -2.37. The van der Waals surface area contributed by atoms with Gasteiger partial charge in [-0.25, -0.2) is 4.99 Å². The molecule has 0 radical (unpaired) electrons. The quantitative estimate of drug-likeness (QED) is 0.160. The number of aliphatic imine (C=N–C) groups is 1. The molecule has 1 aromatic heterocycles. The number of hydrogen-bond donors (Lipinski definition) is 3. The van der Waals surface area contributed by atoms with Crippen LogP contribution >= 0.6 is 24.0 Å². The molecule has 1 heterocycles. The number of rotatable bonds is 9. The number of nitrogens with one attached hydrogen (secondary N) is 3. The summed E-state index contributed by atoms with van der Waals surface area (Å²) < 4.78 is 5.13. The van der Waals surface area contributed by atoms with Crippen molar-refractivity contribution in [2.45, 2.75) is 26.3 Å². The zero-order chi connectivity index (χ0) is 21.0. The van der Waals surface area contributed by atoms with Crippen molar-refractivity contribution >= 4 is 41.5 Å². The number of carbonyl (C=O) groups is 1. The van der Waals surface area contributed by atoms with Crippen molar-refractivity contribution in [1.82, 2.24) is 10.6 Å². The molecule has 0 aliphatic rings. The van der Waals surface area contributed by atoms with E-state index in [1.807, 2.05) is 37.3 Å². The Labute approximate surface area is 200 Å². The molecule has 0 aliphatic heterocycles. The topological polar surface area (TPSA) is 78.7 Å². The van der Waals surface area contributed by atoms with Gasteiger partial charge in [0.2, 0.25) is 0 Å². The van der Waals surface area contributed by atoms with Crippen LogP contribution in [0.3, 0.4) is 0 Å². The summed E-state index contributed by atoms with van der Waals surface area (Å²) in [5, 5.41) is 9.50. The normalized spacial score (nSPS) is 10.8. The first-order valence-electron chi connectivity index (χ1n) is 10.2. The monoisotopic (exact) mass is 532 g/mol. The van der Waals surface area contributed by atoms with Crippen molar-refractivity contribution in [2.24, 2.45) is 4.99 Å². The van der Waals surface area contributed by atoms with Gasteiger partial charge in [-0.1, -0.05) is 42.5 Å². The maximum Gasteiger partial charge on any atom is 0.291 e. The first-order valence-corrected chi connectivity index (χ1v) is 10.2. The number of aryl methyl sites for hydroxylation is 1. The van der Waals surface area contributed by atoms with Crippen LogP contribution in [0.2, 0.25) is 0 Å². The van der Waals surface area contributed by atoms with Gasteiger partial charge in [0.25, 0.3) is 5.91 Å². The van der Waals surface area contributed by atoms with Gasteiger partial charge in [-0.15, -0.1) is 24.0 Å². The van der Waals surface area contributed by atoms with Crippen LogP contribution in [0.5, 0.6) is 0 Å². The predicted molar refractivity (Wildman–Crippen MR) is 136 cm³/mol. The van der Waals surface area contributed by atoms with Crippen molar-refractivity contribution in [3.63, 3.8) is 0 Å². The lowest BCUT2D eigenvalue weighted by molar-refractivity contribution is 0.0996. The van der Waals surface area contributed by atoms with Gasteiger partial charge < -0.3 is 20.4 Å². The largest absolute Gasteiger partial charge is 0.459 e. The molecule has 2 aromatic carbocycles. The Morgan fingerprint density at radius 1 is 0.968 bits per heavy atom. The fraction of sp³-hybridized carbons (Fsp3) is 0.250. The summed E-state index contributed by atoms with van der Waals surface area (Å²) in [6.07, 6.45) is 3.54. The van der Waals surface area contributed by atoms with Gasteiger partial charge in [0.05, 0.1) is 12.8 Å². The molecule has 3 aromatic rings. The number of hydrogen-bond acceptors (Lipinski definition) is 3. The van der Waals surface area contributed by atoms with E-state index in [1.54, 1.807) is 12.1 Å². The average molecular weight is 532 g/mol. The summed E-state index contributed by atoms with van der Waals surface area (Å²) in [7, 11) is 0. The number of benzene rings is 2. The zero-order valence-corrected chi connectivity index (χ0v) is 20.0. The van der Waals surface area contributed by atoms with Crippen molar-refractivity contribution in [2.75, 3.05) is 18.4 Å². The first-order chi connectivity index (χ1) is 14.7. The fourth-order valence-corrected chi connectivity index (χ4v) is 3.00. The van der Waals surface area contributed by atoms with Gasteiger partial charge >= 0.3 is 0 Å². The number of amides is 1. The van der Waals surface area contributed by atoms with Crippen LogP contribution in [0.15, 0.2) is 82.4 Å². The van der Waals surface area contributed by atoms with E-state index >= 15 is 0 Å². The minimum absolute atomic E-state index is 0. The Kier molecular flexibility index (Phi) is 10.6. The van der Waals surface area contributed by atoms with Crippen LogP contribution in [0.1, 0.15) is 35.0 Å². The van der Waals surface area contributed by atoms with Gasteiger partial charge in [0, 0.05) is 18.8 Å². The van der Waals surface area contributed by atoms with Gasteiger partial charge in [-0.3, -0.25) is 4.79 Å². The van der Waals surface area contributed by atoms with E-state index in [1.165, 1.54) is 11.8 Å². The van der Waals surface area contributed by atoms with Crippen molar-refractivity contribution in [1.29, 1.82) is 0 Å². The zero-order valence-electron chi connectivity index (χ0n) is 17.6. The fourth-order valence-electron chi connectivity index (χ4n) is 3.00. The second kappa shape index (κ2) is 13.5. The molecule has 31 heavy (non-hydrogen) atoms. The highest BCUT2D eigenvalue weighted by molar-refractivity contribution is 14.0. The van der Waals surface area contributed by atoms with Crippen LogP contribution in [-0.4, -0.2) is 25.0 Å². The van der Waals surface area contributed by atoms with Gasteiger partial charge in [0.1, 0.15) is 0 Å². The molecule has 0 aliphatic carbocycles. The summed E-state index contributed by atoms with van der Waals surface area (Å²) >= 11 is 0. The van der Waals surface area contributed by atoms with Crippen molar-refractivity contribution in [3.8, 4) is 0 Å². The molecular weight excluding hydrogens is 503 g/mol. The average Bonchev–Trinajstić information content (AvgIpc) is 3.31. The molecular formula is C24H29IN4O2. The van der Waals surface area contributed by atoms with Crippen molar-refractivity contribution < 1.29 is 9.21 Å². The third-order valence-corrected chi connectivity index (χ3v) is 4.47. The highest BCUT2D eigenvalue weighted by Gasteiger charge is 2.08. The summed E-state index contributed by atoms with van der Waals surface area (Å²) in [6.45, 7) is 4.20. The molecule has 164 valence electrons. The van der Waals surface area contributed by atoms with Crippen LogP contribution < -0.4 is 16.0 Å². The van der Waals surface area contributed by atoms with E-state index in [9.17, 15) is 4.79 Å². The molecule has 6 nitrogen and oxygen atoms in total. The SMILES string of the molecule is CCNC(=NCc1cccc(NC(=O)c2ccco2)c1)NCCCc1ccccc1.I. The number of nitrogens with zero attached hydrogens (tertiary/aromatic N) is 1. The first kappa shape index (κ1) is 24.5. The van der Waals surface area contributed by atoms with Crippen LogP contribution in [0.25, 0.3) is 0 Å². The number of furan rings is 1. The molecule has 0 unspecified atom stereocenters. The molecule has 0 fully saturated rings. The summed E-state index contributed by atoms with van der Waals surface area (Å²) in [5.41, 5.74) is 3.06. The maximum atomic E-state index is 12.1. The van der Waals surface area contributed by atoms with Crippen LogP contribution in [0.4, 0.5) is 5.69 Å². The van der Waals surface area contributed by atoms with E-state index in [0.29, 0.717) is 12.2 Å². The predicted octanol–water partition coefficient (Wildman–Crippen LogP) is 4.84. The van der Waals surface area contributed by atoms with E-state index < -0.39 is 0 Å². The second-order valence-corrected chi connectivity index (χ2v) is 6.84. The number of halogens is 1. The van der Waals surface area contributed by atoms with E-state index in [2.05, 4.69) is 45.2 Å². The van der Waals surface area contributed by atoms with Gasteiger partial charge in [-0.05, 0) is 55.2 Å². The van der Waals surface area contributed by atoms with Crippen LogP contribution in [0, 0.1) is 0 Å². The Balaban J connectivity index is 0.00000341. The standard InChI is InChI=1S/C24H28N4O2.HI/c1-2-25-24(26-15-7-12-19-9-4-3-5-10-19)27-18-20-11-6-13-21(17-20)28-23(29)22-14-8-16-30-22;/h3-6,8-11,13-14,16-17H,2,7,12,15,18H2,1H3,(H,28,29)(H2,25,26,27);1H. The Morgan fingerprint density at radius 3 is 2.52 bits per heavy atom. The Hall–Kier alpha value is -2.81. The highest BCUT2D eigenvalue weighted by Crippen LogP contribution is 2.13. The minimum Gasteiger partial charge on any atom is -0.459 e. The molecule has 1 amide bonds.